The highest BCUT2D eigenvalue weighted by atomic mass is 35.5. The summed E-state index contributed by atoms with van der Waals surface area (Å²) in [4.78, 5) is 14.6. The molecule has 0 saturated carbocycles. The van der Waals surface area contributed by atoms with Crippen molar-refractivity contribution in [3.05, 3.63) is 29.3 Å². The van der Waals surface area contributed by atoms with Gasteiger partial charge in [0.2, 0.25) is 5.91 Å². The summed E-state index contributed by atoms with van der Waals surface area (Å²) in [6.45, 7) is 1.35. The lowest BCUT2D eigenvalue weighted by molar-refractivity contribution is -0.126. The van der Waals surface area contributed by atoms with Crippen LogP contribution in [0.3, 0.4) is 0 Å². The molecule has 2 fully saturated rings. The molecule has 0 bridgehead atoms. The highest BCUT2D eigenvalue weighted by Gasteiger charge is 2.46. The molecule has 3 rings (SSSR count). The number of halogens is 1. The van der Waals surface area contributed by atoms with Crippen molar-refractivity contribution in [2.75, 3.05) is 26.3 Å². The highest BCUT2D eigenvalue weighted by molar-refractivity contribution is 7.92. The second-order valence-corrected chi connectivity index (χ2v) is 9.37. The van der Waals surface area contributed by atoms with Crippen LogP contribution in [0.5, 0.6) is 0 Å². The van der Waals surface area contributed by atoms with Crippen molar-refractivity contribution in [2.45, 2.75) is 41.5 Å². The van der Waals surface area contributed by atoms with E-state index in [2.05, 4.69) is 5.32 Å². The number of rotatable bonds is 5. The summed E-state index contributed by atoms with van der Waals surface area (Å²) >= 11 is 6.12. The summed E-state index contributed by atoms with van der Waals surface area (Å²) in [7, 11) is -3.68. The van der Waals surface area contributed by atoms with E-state index in [1.165, 1.54) is 6.07 Å². The number of nitrogens with one attached hydrogen (secondary N) is 1. The molecular weight excluding hydrogens is 390 g/mol. The van der Waals surface area contributed by atoms with Gasteiger partial charge in [-0.3, -0.25) is 9.69 Å². The van der Waals surface area contributed by atoms with Crippen LogP contribution in [0, 0.1) is 11.3 Å². The van der Waals surface area contributed by atoms with Crippen LogP contribution in [0.15, 0.2) is 29.2 Å². The van der Waals surface area contributed by atoms with Crippen molar-refractivity contribution in [3.63, 3.8) is 0 Å². The van der Waals surface area contributed by atoms with E-state index in [-0.39, 0.29) is 41.4 Å². The number of benzene rings is 1. The van der Waals surface area contributed by atoms with Gasteiger partial charge in [-0.15, -0.1) is 0 Å². The first-order valence-corrected chi connectivity index (χ1v) is 10.8. The fourth-order valence-corrected chi connectivity index (χ4v) is 6.05. The fraction of sp³-hybridized carbons (Fsp3) is 0.556. The fourth-order valence-electron chi connectivity index (χ4n) is 3.82. The zero-order valence-electron chi connectivity index (χ0n) is 14.8. The summed E-state index contributed by atoms with van der Waals surface area (Å²) in [5.41, 5.74) is 0. The average Bonchev–Trinajstić information content (AvgIpc) is 3.13. The van der Waals surface area contributed by atoms with Crippen LogP contribution in [0.1, 0.15) is 19.3 Å². The average molecular weight is 412 g/mol. The Morgan fingerprint density at radius 3 is 2.70 bits per heavy atom. The number of hydrogen-bond acceptors (Lipinski definition) is 6. The second kappa shape index (κ2) is 8.57. The van der Waals surface area contributed by atoms with Crippen molar-refractivity contribution in [3.8, 4) is 6.07 Å². The lowest BCUT2D eigenvalue weighted by atomic mass is 10.1. The molecule has 1 amide bonds. The van der Waals surface area contributed by atoms with Gasteiger partial charge in [0.05, 0.1) is 27.3 Å². The minimum Gasteiger partial charge on any atom is -0.381 e. The van der Waals surface area contributed by atoms with Gasteiger partial charge in [0.25, 0.3) is 0 Å². The van der Waals surface area contributed by atoms with Gasteiger partial charge in [-0.2, -0.15) is 5.26 Å². The Bertz CT molecular complexity index is 833. The van der Waals surface area contributed by atoms with Gasteiger partial charge in [0.1, 0.15) is 6.54 Å². The van der Waals surface area contributed by atoms with Crippen LogP contribution in [0.2, 0.25) is 5.02 Å². The number of amides is 1. The maximum Gasteiger partial charge on any atom is 0.238 e. The molecule has 0 aliphatic carbocycles. The summed E-state index contributed by atoms with van der Waals surface area (Å²) in [6.07, 6.45) is 1.68. The minimum atomic E-state index is -3.68. The summed E-state index contributed by atoms with van der Waals surface area (Å²) in [6, 6.07) is 7.77. The molecule has 1 aromatic rings. The van der Waals surface area contributed by atoms with Crippen molar-refractivity contribution in [2.24, 2.45) is 0 Å². The van der Waals surface area contributed by atoms with Crippen molar-refractivity contribution >= 4 is 27.3 Å². The molecule has 2 saturated heterocycles. The highest BCUT2D eigenvalue weighted by Crippen LogP contribution is 2.34. The van der Waals surface area contributed by atoms with Gasteiger partial charge in [0.15, 0.2) is 9.84 Å². The Balaban J connectivity index is 1.86. The van der Waals surface area contributed by atoms with E-state index in [0.29, 0.717) is 13.2 Å². The van der Waals surface area contributed by atoms with Gasteiger partial charge >= 0.3 is 0 Å². The summed E-state index contributed by atoms with van der Waals surface area (Å²) in [5.74, 6) is -0.306. The number of likely N-dealkylation sites (tertiary alicyclic amines) is 1. The Kier molecular flexibility index (Phi) is 6.37. The normalized spacial score (nSPS) is 24.4. The third kappa shape index (κ3) is 4.27. The van der Waals surface area contributed by atoms with Gasteiger partial charge in [-0.1, -0.05) is 23.7 Å². The Morgan fingerprint density at radius 1 is 1.33 bits per heavy atom. The molecule has 2 aliphatic rings. The number of ether oxygens (including phenoxy) is 1. The van der Waals surface area contributed by atoms with E-state index in [1.54, 1.807) is 18.2 Å². The molecule has 27 heavy (non-hydrogen) atoms. The van der Waals surface area contributed by atoms with Crippen LogP contribution < -0.4 is 5.32 Å². The molecule has 9 heteroatoms. The van der Waals surface area contributed by atoms with Gasteiger partial charge < -0.3 is 10.1 Å². The smallest absolute Gasteiger partial charge is 0.238 e. The van der Waals surface area contributed by atoms with Crippen molar-refractivity contribution in [1.29, 1.82) is 5.26 Å². The quantitative estimate of drug-likeness (QED) is 0.734. The first-order valence-electron chi connectivity index (χ1n) is 8.91. The third-order valence-corrected chi connectivity index (χ3v) is 7.82. The lowest BCUT2D eigenvalue weighted by Gasteiger charge is -2.34. The van der Waals surface area contributed by atoms with E-state index in [9.17, 15) is 13.2 Å². The van der Waals surface area contributed by atoms with E-state index in [4.69, 9.17) is 21.6 Å². The van der Waals surface area contributed by atoms with Crippen LogP contribution in [-0.4, -0.2) is 62.9 Å². The number of sulfone groups is 1. The molecule has 2 atom stereocenters. The van der Waals surface area contributed by atoms with Crippen LogP contribution in [-0.2, 0) is 19.4 Å². The largest absolute Gasteiger partial charge is 0.381 e. The number of carbonyl (C=O) groups is 1. The second-order valence-electron chi connectivity index (χ2n) is 6.77. The number of hydrogen-bond donors (Lipinski definition) is 1. The molecule has 7 nitrogen and oxygen atoms in total. The van der Waals surface area contributed by atoms with Crippen LogP contribution in [0.4, 0.5) is 0 Å². The predicted molar refractivity (Wildman–Crippen MR) is 100 cm³/mol. The zero-order chi connectivity index (χ0) is 19.4. The SMILES string of the molecule is N#CCNC(=O)C1CC(S(=O)(=O)c2ccccc2Cl)CN1C1CCOCC1. The molecule has 2 heterocycles. The van der Waals surface area contributed by atoms with Crippen molar-refractivity contribution < 1.29 is 17.9 Å². The molecule has 1 aromatic carbocycles. The first kappa shape index (κ1) is 20.1. The molecule has 1 N–H and O–H groups in total. The molecule has 0 radical (unpaired) electrons. The summed E-state index contributed by atoms with van der Waals surface area (Å²) in [5, 5.41) is 10.8. The maximum atomic E-state index is 13.1. The molecule has 2 aliphatic heterocycles. The van der Waals surface area contributed by atoms with E-state index in [0.717, 1.165) is 12.8 Å². The van der Waals surface area contributed by atoms with Gasteiger partial charge in [-0.25, -0.2) is 8.42 Å². The molecule has 0 spiro atoms. The van der Waals surface area contributed by atoms with E-state index >= 15 is 0 Å². The van der Waals surface area contributed by atoms with Crippen LogP contribution >= 0.6 is 11.6 Å². The van der Waals surface area contributed by atoms with E-state index in [1.807, 2.05) is 11.0 Å². The first-order chi connectivity index (χ1) is 12.9. The topological polar surface area (TPSA) is 99.5 Å². The lowest BCUT2D eigenvalue weighted by Crippen LogP contribution is -2.49. The number of carbonyl (C=O) groups excluding carboxylic acids is 1. The maximum absolute atomic E-state index is 13.1. The summed E-state index contributed by atoms with van der Waals surface area (Å²) < 4.78 is 31.7. The molecule has 2 unspecified atom stereocenters. The third-order valence-electron chi connectivity index (χ3n) is 5.19. The van der Waals surface area contributed by atoms with E-state index < -0.39 is 21.1 Å². The van der Waals surface area contributed by atoms with Crippen molar-refractivity contribution in [1.82, 2.24) is 10.2 Å². The number of nitriles is 1. The minimum absolute atomic E-state index is 0.0861. The molecular formula is C18H22ClN3O4S. The van der Waals surface area contributed by atoms with Gasteiger partial charge in [-0.05, 0) is 31.4 Å². The number of nitrogens with zero attached hydrogens (tertiary/aromatic N) is 2. The monoisotopic (exact) mass is 411 g/mol. The zero-order valence-corrected chi connectivity index (χ0v) is 16.4. The Labute approximate surface area is 164 Å². The van der Waals surface area contributed by atoms with Gasteiger partial charge in [0, 0.05) is 25.8 Å². The standard InChI is InChI=1S/C18H22ClN3O4S/c19-15-3-1-2-4-17(15)27(24,25)14-11-16(18(23)21-8-7-20)22(12-14)13-5-9-26-10-6-13/h1-4,13-14,16H,5-6,8-12H2,(H,21,23). The Morgan fingerprint density at radius 2 is 2.04 bits per heavy atom. The molecule has 146 valence electrons. The Hall–Kier alpha value is -1.66. The predicted octanol–water partition coefficient (Wildman–Crippen LogP) is 1.38. The molecule has 0 aromatic heterocycles. The van der Waals surface area contributed by atoms with Crippen LogP contribution in [0.25, 0.3) is 0 Å².